The molecular weight excluding hydrogens is 436 g/mol. The molecule has 0 saturated heterocycles. The van der Waals surface area contributed by atoms with E-state index in [0.717, 1.165) is 24.3 Å². The summed E-state index contributed by atoms with van der Waals surface area (Å²) in [5.74, 6) is -2.68. The highest BCUT2D eigenvalue weighted by Crippen LogP contribution is 2.36. The van der Waals surface area contributed by atoms with Gasteiger partial charge in [-0.1, -0.05) is 0 Å². The van der Waals surface area contributed by atoms with Crippen LogP contribution < -0.4 is 4.74 Å². The van der Waals surface area contributed by atoms with Crippen molar-refractivity contribution in [2.75, 3.05) is 0 Å². The summed E-state index contributed by atoms with van der Waals surface area (Å²) in [4.78, 5) is 9.86. The van der Waals surface area contributed by atoms with Gasteiger partial charge in [0.25, 0.3) is 9.84 Å². The molecular formula is C14H7BrF4O5S. The average Bonchev–Trinajstić information content (AvgIpc) is 2.47. The molecule has 0 aromatic heterocycles. The maximum absolute atomic E-state index is 13.4. The van der Waals surface area contributed by atoms with Gasteiger partial charge in [0.15, 0.2) is 0 Å². The number of rotatable bonds is 4. The Bertz CT molecular complexity index is 941. The second kappa shape index (κ2) is 6.64. The zero-order valence-corrected chi connectivity index (χ0v) is 14.2. The Balaban J connectivity index is 2.39. The van der Waals surface area contributed by atoms with Gasteiger partial charge in [-0.3, -0.25) is 0 Å². The van der Waals surface area contributed by atoms with E-state index >= 15 is 0 Å². The summed E-state index contributed by atoms with van der Waals surface area (Å²) in [5.41, 5.74) is -5.87. The molecule has 0 aliphatic heterocycles. The lowest BCUT2D eigenvalue weighted by Gasteiger charge is -2.12. The van der Waals surface area contributed by atoms with Crippen molar-refractivity contribution in [3.63, 3.8) is 0 Å². The van der Waals surface area contributed by atoms with Crippen molar-refractivity contribution in [1.29, 1.82) is 0 Å². The molecule has 0 amide bonds. The highest BCUT2D eigenvalue weighted by atomic mass is 79.9. The van der Waals surface area contributed by atoms with Crippen molar-refractivity contribution in [3.05, 3.63) is 52.3 Å². The smallest absolute Gasteiger partial charge is 0.478 e. The lowest BCUT2D eigenvalue weighted by Crippen LogP contribution is -2.23. The van der Waals surface area contributed by atoms with Gasteiger partial charge in [0.2, 0.25) is 0 Å². The topological polar surface area (TPSA) is 80.7 Å². The fourth-order valence-corrected chi connectivity index (χ4v) is 3.14. The molecule has 11 heteroatoms. The lowest BCUT2D eigenvalue weighted by molar-refractivity contribution is -0.0436. The van der Waals surface area contributed by atoms with Crippen molar-refractivity contribution < 1.29 is 40.6 Å². The number of hydrogen-bond donors (Lipinski definition) is 1. The van der Waals surface area contributed by atoms with Crippen LogP contribution in [-0.2, 0) is 9.84 Å². The van der Waals surface area contributed by atoms with Crippen LogP contribution in [0.1, 0.15) is 10.4 Å². The van der Waals surface area contributed by atoms with Crippen LogP contribution in [0.3, 0.4) is 0 Å². The molecule has 2 aromatic carbocycles. The Hall–Kier alpha value is -2.14. The maximum Gasteiger partial charge on any atom is 0.501 e. The molecule has 0 unspecified atom stereocenters. The summed E-state index contributed by atoms with van der Waals surface area (Å²) in [6, 6.07) is 4.88. The van der Waals surface area contributed by atoms with E-state index in [4.69, 9.17) is 9.84 Å². The van der Waals surface area contributed by atoms with Gasteiger partial charge in [0.05, 0.1) is 14.9 Å². The Morgan fingerprint density at radius 1 is 1.12 bits per heavy atom. The molecule has 25 heavy (non-hydrogen) atoms. The summed E-state index contributed by atoms with van der Waals surface area (Å²) >= 11 is 2.86. The standard InChI is InChI=1S/C14H7BrF4O5S/c15-11-6-10(25(22,23)14(17,18)19)1-2-12(11)24-9-4-7(13(20)21)3-8(16)5-9/h1-6H,(H,20,21). The molecule has 0 spiro atoms. The van der Waals surface area contributed by atoms with E-state index in [0.29, 0.717) is 12.1 Å². The number of sulfone groups is 1. The van der Waals surface area contributed by atoms with Crippen LogP contribution in [0.15, 0.2) is 45.8 Å². The molecule has 0 fully saturated rings. The summed E-state index contributed by atoms with van der Waals surface area (Å²) in [6.07, 6.45) is 0. The Morgan fingerprint density at radius 3 is 2.28 bits per heavy atom. The summed E-state index contributed by atoms with van der Waals surface area (Å²) in [6.45, 7) is 0. The van der Waals surface area contributed by atoms with E-state index in [1.807, 2.05) is 0 Å². The first-order valence-corrected chi connectivity index (χ1v) is 8.52. The fourth-order valence-electron chi connectivity index (χ4n) is 1.74. The van der Waals surface area contributed by atoms with E-state index in [2.05, 4.69) is 15.9 Å². The van der Waals surface area contributed by atoms with E-state index in [1.165, 1.54) is 0 Å². The van der Waals surface area contributed by atoms with Crippen LogP contribution in [0.5, 0.6) is 11.5 Å². The monoisotopic (exact) mass is 442 g/mol. The fraction of sp³-hybridized carbons (Fsp3) is 0.0714. The second-order valence-electron chi connectivity index (χ2n) is 4.62. The van der Waals surface area contributed by atoms with Gasteiger partial charge in [-0.15, -0.1) is 0 Å². The van der Waals surface area contributed by atoms with Crippen LogP contribution in [0, 0.1) is 5.82 Å². The van der Waals surface area contributed by atoms with Crippen molar-refractivity contribution in [3.8, 4) is 11.5 Å². The molecule has 0 bridgehead atoms. The van der Waals surface area contributed by atoms with Gasteiger partial charge in [-0.05, 0) is 46.3 Å². The number of carboxylic acid groups (broad SMARTS) is 1. The predicted molar refractivity (Wildman–Crippen MR) is 80.8 cm³/mol. The van der Waals surface area contributed by atoms with Gasteiger partial charge >= 0.3 is 11.5 Å². The minimum Gasteiger partial charge on any atom is -0.478 e. The van der Waals surface area contributed by atoms with Gasteiger partial charge in [0.1, 0.15) is 17.3 Å². The van der Waals surface area contributed by atoms with Crippen LogP contribution in [0.25, 0.3) is 0 Å². The predicted octanol–water partition coefficient (Wildman–Crippen LogP) is 4.37. The van der Waals surface area contributed by atoms with Crippen molar-refractivity contribution in [1.82, 2.24) is 0 Å². The van der Waals surface area contributed by atoms with Gasteiger partial charge in [-0.25, -0.2) is 17.6 Å². The highest BCUT2D eigenvalue weighted by Gasteiger charge is 2.47. The molecule has 1 N–H and O–H groups in total. The van der Waals surface area contributed by atoms with E-state index in [1.54, 1.807) is 0 Å². The number of ether oxygens (including phenoxy) is 1. The number of carbonyl (C=O) groups is 1. The SMILES string of the molecule is O=C(O)c1cc(F)cc(Oc2ccc(S(=O)(=O)C(F)(F)F)cc2Br)c1. The maximum atomic E-state index is 13.4. The zero-order valence-electron chi connectivity index (χ0n) is 11.8. The summed E-state index contributed by atoms with van der Waals surface area (Å²) < 4.78 is 78.7. The van der Waals surface area contributed by atoms with E-state index in [9.17, 15) is 30.8 Å². The third-order valence-corrected chi connectivity index (χ3v) is 4.97. The van der Waals surface area contributed by atoms with Crippen LogP contribution in [0.4, 0.5) is 17.6 Å². The van der Waals surface area contributed by atoms with Crippen molar-refractivity contribution in [2.45, 2.75) is 10.4 Å². The first kappa shape index (κ1) is 19.2. The lowest BCUT2D eigenvalue weighted by atomic mass is 10.2. The van der Waals surface area contributed by atoms with Crippen LogP contribution >= 0.6 is 15.9 Å². The number of alkyl halides is 3. The van der Waals surface area contributed by atoms with Gasteiger partial charge in [-0.2, -0.15) is 13.2 Å². The highest BCUT2D eigenvalue weighted by molar-refractivity contribution is 9.10. The van der Waals surface area contributed by atoms with Crippen molar-refractivity contribution in [2.24, 2.45) is 0 Å². The first-order valence-electron chi connectivity index (χ1n) is 6.24. The van der Waals surface area contributed by atoms with Gasteiger partial charge in [0, 0.05) is 6.07 Å². The number of halogens is 5. The molecule has 0 heterocycles. The minimum atomic E-state index is -5.54. The number of benzene rings is 2. The summed E-state index contributed by atoms with van der Waals surface area (Å²) in [7, 11) is -5.54. The molecule has 0 aliphatic rings. The van der Waals surface area contributed by atoms with Crippen LogP contribution in [-0.4, -0.2) is 25.0 Å². The van der Waals surface area contributed by atoms with Crippen molar-refractivity contribution >= 4 is 31.7 Å². The Morgan fingerprint density at radius 2 is 1.76 bits per heavy atom. The molecule has 0 atom stereocenters. The normalized spacial score (nSPS) is 12.0. The largest absolute Gasteiger partial charge is 0.501 e. The molecule has 2 rings (SSSR count). The van der Waals surface area contributed by atoms with E-state index < -0.39 is 37.6 Å². The van der Waals surface area contributed by atoms with Crippen LogP contribution in [0.2, 0.25) is 0 Å². The molecule has 2 aromatic rings. The average molecular weight is 443 g/mol. The number of carboxylic acids is 1. The quantitative estimate of drug-likeness (QED) is 0.710. The third-order valence-electron chi connectivity index (χ3n) is 2.86. The second-order valence-corrected chi connectivity index (χ2v) is 7.42. The van der Waals surface area contributed by atoms with Gasteiger partial charge < -0.3 is 9.84 Å². The molecule has 5 nitrogen and oxygen atoms in total. The molecule has 0 saturated carbocycles. The molecule has 134 valence electrons. The van der Waals surface area contributed by atoms with E-state index in [-0.39, 0.29) is 16.0 Å². The molecule has 0 aliphatic carbocycles. The zero-order chi connectivity index (χ0) is 19.0. The Kier molecular flexibility index (Phi) is 5.09. The summed E-state index contributed by atoms with van der Waals surface area (Å²) in [5, 5.41) is 8.85. The minimum absolute atomic E-state index is 0.136. The Labute approximate surface area is 146 Å². The first-order chi connectivity index (χ1) is 11.4. The molecule has 0 radical (unpaired) electrons. The number of hydrogen-bond acceptors (Lipinski definition) is 4. The third kappa shape index (κ3) is 4.10. The number of aromatic carboxylic acids is 1.